The minimum atomic E-state index is -0.480. The van der Waals surface area contributed by atoms with Gasteiger partial charge in [0.1, 0.15) is 5.69 Å². The van der Waals surface area contributed by atoms with Crippen molar-refractivity contribution in [3.05, 3.63) is 23.0 Å². The molecule has 1 aromatic heterocycles. The highest BCUT2D eigenvalue weighted by atomic mass is 16.5. The monoisotopic (exact) mass is 278 g/mol. The smallest absolute Gasteiger partial charge is 0.267 e. The molecule has 1 amide bonds. The van der Waals surface area contributed by atoms with E-state index in [0.29, 0.717) is 18.7 Å². The van der Waals surface area contributed by atoms with Gasteiger partial charge in [-0.25, -0.2) is 4.98 Å². The molecule has 0 radical (unpaired) electrons. The van der Waals surface area contributed by atoms with Crippen LogP contribution in [0.15, 0.2) is 6.07 Å². The molecule has 3 N–H and O–H groups in total. The fourth-order valence-electron chi connectivity index (χ4n) is 2.48. The van der Waals surface area contributed by atoms with Crippen molar-refractivity contribution in [2.75, 3.05) is 44.8 Å². The van der Waals surface area contributed by atoms with Gasteiger partial charge >= 0.3 is 0 Å². The summed E-state index contributed by atoms with van der Waals surface area (Å²) in [5.74, 6) is -0.480. The van der Waals surface area contributed by atoms with Gasteiger partial charge in [-0.2, -0.15) is 0 Å². The van der Waals surface area contributed by atoms with E-state index in [1.807, 2.05) is 13.0 Å². The second kappa shape index (κ2) is 6.67. The lowest BCUT2D eigenvalue weighted by molar-refractivity contribution is 0.0994. The molecule has 0 unspecified atom stereocenters. The van der Waals surface area contributed by atoms with Gasteiger partial charge in [-0.1, -0.05) is 0 Å². The van der Waals surface area contributed by atoms with Gasteiger partial charge in [0.05, 0.1) is 18.0 Å². The van der Waals surface area contributed by atoms with Crippen LogP contribution in [0.1, 0.15) is 21.7 Å². The van der Waals surface area contributed by atoms with Crippen LogP contribution in [0.2, 0.25) is 0 Å². The van der Waals surface area contributed by atoms with Crippen molar-refractivity contribution in [2.24, 2.45) is 5.73 Å². The predicted octanol–water partition coefficient (Wildman–Crippen LogP) is 0.0874. The number of anilines is 1. The minimum absolute atomic E-state index is 0.360. The molecule has 1 aromatic rings. The summed E-state index contributed by atoms with van der Waals surface area (Å²) in [7, 11) is 1.64. The molecular weight excluding hydrogens is 256 g/mol. The number of primary amides is 1. The number of hydrogen-bond donors (Lipinski definition) is 2. The topological polar surface area (TPSA) is 80.5 Å². The van der Waals surface area contributed by atoms with Gasteiger partial charge < -0.3 is 20.7 Å². The number of nitrogens with one attached hydrogen (secondary N) is 1. The molecule has 0 aliphatic carbocycles. The van der Waals surface area contributed by atoms with E-state index in [1.54, 1.807) is 7.11 Å². The van der Waals surface area contributed by atoms with E-state index < -0.39 is 5.91 Å². The van der Waals surface area contributed by atoms with E-state index in [9.17, 15) is 4.79 Å². The van der Waals surface area contributed by atoms with Gasteiger partial charge in [-0.15, -0.1) is 0 Å². The van der Waals surface area contributed by atoms with Crippen LogP contribution in [-0.2, 0) is 11.2 Å². The number of hydrogen-bond acceptors (Lipinski definition) is 5. The van der Waals surface area contributed by atoms with Crippen molar-refractivity contribution < 1.29 is 9.53 Å². The zero-order valence-electron chi connectivity index (χ0n) is 12.1. The average Bonchev–Trinajstić information content (AvgIpc) is 2.46. The number of nitrogens with two attached hydrogens (primary N) is 1. The highest BCUT2D eigenvalue weighted by molar-refractivity contribution is 5.92. The Balaban J connectivity index is 2.34. The summed E-state index contributed by atoms with van der Waals surface area (Å²) in [5, 5.41) is 3.33. The van der Waals surface area contributed by atoms with Gasteiger partial charge in [-0.3, -0.25) is 4.79 Å². The zero-order valence-corrected chi connectivity index (χ0v) is 12.1. The van der Waals surface area contributed by atoms with Gasteiger partial charge in [0.2, 0.25) is 0 Å². The number of pyridine rings is 1. The molecule has 1 fully saturated rings. The molecule has 0 spiro atoms. The Morgan fingerprint density at radius 2 is 2.20 bits per heavy atom. The maximum atomic E-state index is 11.5. The van der Waals surface area contributed by atoms with Gasteiger partial charge in [0.25, 0.3) is 5.91 Å². The van der Waals surface area contributed by atoms with Gasteiger partial charge in [0.15, 0.2) is 0 Å². The molecule has 1 aliphatic rings. The first-order valence-electron chi connectivity index (χ1n) is 6.88. The lowest BCUT2D eigenvalue weighted by Crippen LogP contribution is -2.44. The number of piperazine rings is 1. The molecule has 20 heavy (non-hydrogen) atoms. The fourth-order valence-corrected chi connectivity index (χ4v) is 2.48. The number of methoxy groups -OCH3 is 1. The van der Waals surface area contributed by atoms with Gasteiger partial charge in [-0.05, 0) is 25.0 Å². The molecular formula is C14H22N4O2. The standard InChI is InChI=1S/C14H22N4O2/c1-10-12(18-6-4-16-5-7-18)9-11(3-8-20-2)13(17-10)14(15)19/h9,16H,3-8H2,1-2H3,(H2,15,19). The Hall–Kier alpha value is -1.66. The largest absolute Gasteiger partial charge is 0.384 e. The highest BCUT2D eigenvalue weighted by Crippen LogP contribution is 2.23. The molecule has 2 heterocycles. The van der Waals surface area contributed by atoms with Crippen molar-refractivity contribution in [1.29, 1.82) is 0 Å². The molecule has 0 bridgehead atoms. The molecule has 6 nitrogen and oxygen atoms in total. The van der Waals surface area contributed by atoms with Crippen LogP contribution in [0, 0.1) is 6.92 Å². The third-order valence-corrected chi connectivity index (χ3v) is 3.53. The quantitative estimate of drug-likeness (QED) is 0.798. The molecule has 1 saturated heterocycles. The van der Waals surface area contributed by atoms with E-state index in [4.69, 9.17) is 10.5 Å². The predicted molar refractivity (Wildman–Crippen MR) is 78.2 cm³/mol. The van der Waals surface area contributed by atoms with Crippen molar-refractivity contribution in [3.63, 3.8) is 0 Å². The first-order valence-corrected chi connectivity index (χ1v) is 6.88. The number of ether oxygens (including phenoxy) is 1. The van der Waals surface area contributed by atoms with Crippen LogP contribution in [0.3, 0.4) is 0 Å². The Labute approximate surface area is 119 Å². The van der Waals surface area contributed by atoms with E-state index in [1.165, 1.54) is 0 Å². The molecule has 2 rings (SSSR count). The number of nitrogens with zero attached hydrogens (tertiary/aromatic N) is 2. The number of carbonyl (C=O) groups excluding carboxylic acids is 1. The lowest BCUT2D eigenvalue weighted by Gasteiger charge is -2.31. The van der Waals surface area contributed by atoms with Crippen molar-refractivity contribution >= 4 is 11.6 Å². The number of carbonyl (C=O) groups is 1. The summed E-state index contributed by atoms with van der Waals surface area (Å²) in [6.07, 6.45) is 0.640. The van der Waals surface area contributed by atoms with E-state index >= 15 is 0 Å². The first-order chi connectivity index (χ1) is 9.63. The second-order valence-corrected chi connectivity index (χ2v) is 4.94. The highest BCUT2D eigenvalue weighted by Gasteiger charge is 2.18. The maximum Gasteiger partial charge on any atom is 0.267 e. The fraction of sp³-hybridized carbons (Fsp3) is 0.571. The van der Waals surface area contributed by atoms with Crippen LogP contribution in [0.25, 0.3) is 0 Å². The number of aromatic nitrogens is 1. The molecule has 110 valence electrons. The molecule has 6 heteroatoms. The van der Waals surface area contributed by atoms with Crippen molar-refractivity contribution in [3.8, 4) is 0 Å². The van der Waals surface area contributed by atoms with Crippen molar-refractivity contribution in [1.82, 2.24) is 10.3 Å². The second-order valence-electron chi connectivity index (χ2n) is 4.94. The Kier molecular flexibility index (Phi) is 4.92. The molecule has 0 saturated carbocycles. The third kappa shape index (κ3) is 3.26. The molecule has 1 aliphatic heterocycles. The maximum absolute atomic E-state index is 11.5. The van der Waals surface area contributed by atoms with Crippen molar-refractivity contribution in [2.45, 2.75) is 13.3 Å². The summed E-state index contributed by atoms with van der Waals surface area (Å²) in [6.45, 7) is 6.29. The summed E-state index contributed by atoms with van der Waals surface area (Å²) in [6, 6.07) is 2.03. The number of rotatable bonds is 5. The number of amides is 1. The van der Waals surface area contributed by atoms with Crippen LogP contribution in [0.5, 0.6) is 0 Å². The Morgan fingerprint density at radius 1 is 1.50 bits per heavy atom. The van der Waals surface area contributed by atoms with Crippen LogP contribution < -0.4 is 16.0 Å². The van der Waals surface area contributed by atoms with E-state index in [0.717, 1.165) is 43.1 Å². The van der Waals surface area contributed by atoms with E-state index in [-0.39, 0.29) is 0 Å². The Morgan fingerprint density at radius 3 is 2.80 bits per heavy atom. The zero-order chi connectivity index (χ0) is 14.5. The van der Waals surface area contributed by atoms with Crippen LogP contribution in [-0.4, -0.2) is 50.8 Å². The van der Waals surface area contributed by atoms with Crippen LogP contribution >= 0.6 is 0 Å². The van der Waals surface area contributed by atoms with Gasteiger partial charge in [0, 0.05) is 33.3 Å². The summed E-state index contributed by atoms with van der Waals surface area (Å²) < 4.78 is 5.09. The molecule has 0 atom stereocenters. The lowest BCUT2D eigenvalue weighted by atomic mass is 10.1. The normalized spacial score (nSPS) is 15.4. The summed E-state index contributed by atoms with van der Waals surface area (Å²) in [4.78, 5) is 18.2. The molecule has 0 aromatic carbocycles. The Bertz CT molecular complexity index is 484. The average molecular weight is 278 g/mol. The summed E-state index contributed by atoms with van der Waals surface area (Å²) in [5.41, 5.74) is 8.57. The third-order valence-electron chi connectivity index (χ3n) is 3.53. The summed E-state index contributed by atoms with van der Waals surface area (Å²) >= 11 is 0. The SMILES string of the molecule is COCCc1cc(N2CCNCC2)c(C)nc1C(N)=O. The first kappa shape index (κ1) is 14.7. The van der Waals surface area contributed by atoms with E-state index in [2.05, 4.69) is 15.2 Å². The number of aryl methyl sites for hydroxylation is 1. The minimum Gasteiger partial charge on any atom is -0.384 e. The van der Waals surface area contributed by atoms with Crippen LogP contribution in [0.4, 0.5) is 5.69 Å².